The van der Waals surface area contributed by atoms with Crippen molar-refractivity contribution in [2.24, 2.45) is 11.8 Å². The summed E-state index contributed by atoms with van der Waals surface area (Å²) >= 11 is 3.51. The number of fused-ring (bicyclic) bond motifs is 1. The van der Waals surface area contributed by atoms with Gasteiger partial charge in [0.15, 0.2) is 5.75 Å². The Labute approximate surface area is 167 Å². The molecule has 1 saturated heterocycles. The highest BCUT2D eigenvalue weighted by molar-refractivity contribution is 9.10. The van der Waals surface area contributed by atoms with E-state index in [2.05, 4.69) is 28.9 Å². The number of nitriles is 1. The number of rotatable bonds is 2. The summed E-state index contributed by atoms with van der Waals surface area (Å²) in [4.78, 5) is 12.0. The lowest BCUT2D eigenvalue weighted by Crippen LogP contribution is -2.44. The highest BCUT2D eigenvalue weighted by atomic mass is 79.9. The monoisotopic (exact) mass is 437 g/mol. The van der Waals surface area contributed by atoms with Crippen LogP contribution in [0.4, 0.5) is 4.79 Å². The van der Waals surface area contributed by atoms with Gasteiger partial charge in [-0.3, -0.25) is 0 Å². The maximum absolute atomic E-state index is 12.0. The van der Waals surface area contributed by atoms with Crippen LogP contribution in [0.1, 0.15) is 46.1 Å². The zero-order valence-electron chi connectivity index (χ0n) is 16.0. The van der Waals surface area contributed by atoms with Crippen molar-refractivity contribution in [3.8, 4) is 17.6 Å². The number of aryl methyl sites for hydroxylation is 1. The summed E-state index contributed by atoms with van der Waals surface area (Å²) < 4.78 is 23.5. The van der Waals surface area contributed by atoms with E-state index in [1.807, 2.05) is 6.07 Å². The fourth-order valence-corrected chi connectivity index (χ4v) is 4.06. The number of ether oxygens (including phenoxy) is 4. The summed E-state index contributed by atoms with van der Waals surface area (Å²) in [6.07, 6.45) is 1.18. The minimum atomic E-state index is -0.770. The van der Waals surface area contributed by atoms with Gasteiger partial charge in [-0.2, -0.15) is 5.26 Å². The molecule has 2 aliphatic rings. The minimum Gasteiger partial charge on any atom is -0.460 e. The SMILES string of the molecule is C[C@@H]1[C@@H](CC#N)CO[C@@]12CCc1ccc(OC(=O)OC(C)(C)C)c(Br)c1O2. The van der Waals surface area contributed by atoms with E-state index in [9.17, 15) is 4.79 Å². The molecule has 2 heterocycles. The fraction of sp³-hybridized carbons (Fsp3) is 0.600. The molecule has 1 aromatic carbocycles. The Morgan fingerprint density at radius 2 is 2.19 bits per heavy atom. The van der Waals surface area contributed by atoms with Crippen LogP contribution < -0.4 is 9.47 Å². The van der Waals surface area contributed by atoms with E-state index in [4.69, 9.17) is 24.2 Å². The Hall–Kier alpha value is -1.78. The van der Waals surface area contributed by atoms with Gasteiger partial charge in [0.25, 0.3) is 0 Å². The molecule has 0 radical (unpaired) electrons. The van der Waals surface area contributed by atoms with Crippen molar-refractivity contribution in [2.45, 2.75) is 58.3 Å². The molecule has 1 fully saturated rings. The first-order chi connectivity index (χ1) is 12.6. The molecule has 0 saturated carbocycles. The second kappa shape index (κ2) is 7.33. The molecule has 7 heteroatoms. The maximum atomic E-state index is 12.0. The lowest BCUT2D eigenvalue weighted by atomic mass is 9.84. The van der Waals surface area contributed by atoms with Gasteiger partial charge < -0.3 is 18.9 Å². The first kappa shape index (κ1) is 20.0. The van der Waals surface area contributed by atoms with E-state index in [1.54, 1.807) is 26.8 Å². The molecule has 1 aromatic rings. The number of benzene rings is 1. The van der Waals surface area contributed by atoms with Crippen LogP contribution in [-0.2, 0) is 15.9 Å². The van der Waals surface area contributed by atoms with Crippen molar-refractivity contribution in [3.63, 3.8) is 0 Å². The molecule has 146 valence electrons. The van der Waals surface area contributed by atoms with Gasteiger partial charge in [-0.25, -0.2) is 4.79 Å². The number of hydrogen-bond acceptors (Lipinski definition) is 6. The van der Waals surface area contributed by atoms with Crippen LogP contribution in [0.25, 0.3) is 0 Å². The first-order valence-electron chi connectivity index (χ1n) is 9.07. The van der Waals surface area contributed by atoms with Crippen LogP contribution in [0, 0.1) is 23.2 Å². The van der Waals surface area contributed by atoms with Crippen molar-refractivity contribution in [1.29, 1.82) is 5.26 Å². The van der Waals surface area contributed by atoms with E-state index >= 15 is 0 Å². The predicted octanol–water partition coefficient (Wildman–Crippen LogP) is 4.98. The van der Waals surface area contributed by atoms with Crippen molar-refractivity contribution in [2.75, 3.05) is 6.61 Å². The molecule has 0 amide bonds. The van der Waals surface area contributed by atoms with Crippen molar-refractivity contribution >= 4 is 22.1 Å². The summed E-state index contributed by atoms with van der Waals surface area (Å²) in [6.45, 7) is 7.91. The standard InChI is InChI=1S/C20H24BrNO5/c1-12-14(8-10-22)11-24-20(12)9-7-13-5-6-15(16(21)17(13)26-20)25-18(23)27-19(2,3)4/h5-6,12,14H,7-9,11H2,1-4H3/t12-,14+,20-/m1/s1. The van der Waals surface area contributed by atoms with Crippen LogP contribution in [0.3, 0.4) is 0 Å². The Morgan fingerprint density at radius 1 is 1.44 bits per heavy atom. The topological polar surface area (TPSA) is 77.8 Å². The summed E-state index contributed by atoms with van der Waals surface area (Å²) in [7, 11) is 0. The van der Waals surface area contributed by atoms with Crippen molar-refractivity contribution in [3.05, 3.63) is 22.2 Å². The molecule has 0 aliphatic carbocycles. The number of carbonyl (C=O) groups is 1. The number of hydrogen-bond donors (Lipinski definition) is 0. The molecular formula is C20H24BrNO5. The molecule has 0 bridgehead atoms. The molecule has 27 heavy (non-hydrogen) atoms. The smallest absolute Gasteiger partial charge is 0.460 e. The minimum absolute atomic E-state index is 0.0904. The van der Waals surface area contributed by atoms with E-state index in [1.165, 1.54) is 0 Å². The lowest BCUT2D eigenvalue weighted by molar-refractivity contribution is -0.181. The highest BCUT2D eigenvalue weighted by Crippen LogP contribution is 2.49. The third-order valence-corrected chi connectivity index (χ3v) is 5.79. The van der Waals surface area contributed by atoms with Crippen molar-refractivity contribution in [1.82, 2.24) is 0 Å². The van der Waals surface area contributed by atoms with Gasteiger partial charge in [0.05, 0.1) is 12.7 Å². The average Bonchev–Trinajstić information content (AvgIpc) is 2.86. The van der Waals surface area contributed by atoms with Gasteiger partial charge in [0.1, 0.15) is 15.8 Å². The molecular weight excluding hydrogens is 414 g/mol. The lowest BCUT2D eigenvalue weighted by Gasteiger charge is -2.38. The van der Waals surface area contributed by atoms with E-state index in [0.717, 1.165) is 18.4 Å². The van der Waals surface area contributed by atoms with Crippen LogP contribution in [0.15, 0.2) is 16.6 Å². The average molecular weight is 438 g/mol. The first-order valence-corrected chi connectivity index (χ1v) is 9.86. The molecule has 6 nitrogen and oxygen atoms in total. The molecule has 3 atom stereocenters. The van der Waals surface area contributed by atoms with E-state index < -0.39 is 17.5 Å². The van der Waals surface area contributed by atoms with Gasteiger partial charge >= 0.3 is 6.16 Å². The van der Waals surface area contributed by atoms with Crippen LogP contribution >= 0.6 is 15.9 Å². The summed E-state index contributed by atoms with van der Waals surface area (Å²) in [6, 6.07) is 5.84. The fourth-order valence-electron chi connectivity index (χ4n) is 3.52. The normalized spacial score (nSPS) is 26.8. The third-order valence-electron chi connectivity index (χ3n) is 5.04. The van der Waals surface area contributed by atoms with Gasteiger partial charge in [-0.1, -0.05) is 13.0 Å². The summed E-state index contributed by atoms with van der Waals surface area (Å²) in [5.74, 6) is 0.442. The zero-order valence-corrected chi connectivity index (χ0v) is 17.6. The van der Waals surface area contributed by atoms with E-state index in [0.29, 0.717) is 29.0 Å². The molecule has 2 aliphatic heterocycles. The largest absolute Gasteiger partial charge is 0.514 e. The summed E-state index contributed by atoms with van der Waals surface area (Å²) in [5.41, 5.74) is 0.379. The van der Waals surface area contributed by atoms with Crippen LogP contribution in [-0.4, -0.2) is 24.2 Å². The second-order valence-electron chi connectivity index (χ2n) is 8.07. The van der Waals surface area contributed by atoms with Gasteiger partial charge in [0.2, 0.25) is 5.79 Å². The van der Waals surface area contributed by atoms with Gasteiger partial charge in [-0.15, -0.1) is 0 Å². The molecule has 3 rings (SSSR count). The Bertz CT molecular complexity index is 782. The van der Waals surface area contributed by atoms with Gasteiger partial charge in [0, 0.05) is 24.7 Å². The Kier molecular flexibility index (Phi) is 5.42. The maximum Gasteiger partial charge on any atom is 0.514 e. The predicted molar refractivity (Wildman–Crippen MR) is 102 cm³/mol. The van der Waals surface area contributed by atoms with Crippen LogP contribution in [0.2, 0.25) is 0 Å². The second-order valence-corrected chi connectivity index (χ2v) is 8.86. The quantitative estimate of drug-likeness (QED) is 0.479. The van der Waals surface area contributed by atoms with Gasteiger partial charge in [-0.05, 0) is 54.8 Å². The zero-order chi connectivity index (χ0) is 19.8. The third kappa shape index (κ3) is 4.07. The van der Waals surface area contributed by atoms with E-state index in [-0.39, 0.29) is 11.8 Å². The van der Waals surface area contributed by atoms with Crippen molar-refractivity contribution < 1.29 is 23.7 Å². The molecule has 0 aromatic heterocycles. The highest BCUT2D eigenvalue weighted by Gasteiger charge is 2.51. The Morgan fingerprint density at radius 3 is 2.85 bits per heavy atom. The molecule has 0 N–H and O–H groups in total. The van der Waals surface area contributed by atoms with Crippen LogP contribution in [0.5, 0.6) is 11.5 Å². The Balaban J connectivity index is 1.82. The number of carbonyl (C=O) groups excluding carboxylic acids is 1. The number of nitrogens with zero attached hydrogens (tertiary/aromatic N) is 1. The number of halogens is 1. The molecule has 1 spiro atoms. The molecule has 0 unspecified atom stereocenters. The summed E-state index contributed by atoms with van der Waals surface area (Å²) in [5, 5.41) is 9.02.